The first kappa shape index (κ1) is 16.1. The molecule has 1 fully saturated rings. The van der Waals surface area contributed by atoms with Gasteiger partial charge in [-0.05, 0) is 43.0 Å². The highest BCUT2D eigenvalue weighted by atomic mass is 19.1. The number of halogens is 1. The topological polar surface area (TPSA) is 44.5 Å². The lowest BCUT2D eigenvalue weighted by Crippen LogP contribution is -2.38. The zero-order valence-corrected chi connectivity index (χ0v) is 13.2. The third-order valence-electron chi connectivity index (χ3n) is 4.76. The summed E-state index contributed by atoms with van der Waals surface area (Å²) in [5.74, 6) is 1.22. The second kappa shape index (κ2) is 6.65. The maximum atomic E-state index is 14.2. The fourth-order valence-electron chi connectivity index (χ4n) is 3.50. The molecule has 1 aliphatic rings. The fourth-order valence-corrected chi connectivity index (χ4v) is 3.50. The molecule has 0 radical (unpaired) electrons. The summed E-state index contributed by atoms with van der Waals surface area (Å²) in [5.41, 5.74) is 7.65. The van der Waals surface area contributed by atoms with Gasteiger partial charge in [-0.2, -0.15) is 0 Å². The summed E-state index contributed by atoms with van der Waals surface area (Å²) in [6.07, 6.45) is 4.50. The first-order valence-electron chi connectivity index (χ1n) is 7.68. The maximum absolute atomic E-state index is 14.2. The summed E-state index contributed by atoms with van der Waals surface area (Å²) in [6, 6.07) is 3.70. The molecular weight excluding hydrogens is 269 g/mol. The number of hydrogen-bond acceptors (Lipinski definition) is 3. The highest BCUT2D eigenvalue weighted by Crippen LogP contribution is 2.45. The van der Waals surface area contributed by atoms with Gasteiger partial charge in [0, 0.05) is 12.0 Å². The van der Waals surface area contributed by atoms with E-state index in [9.17, 15) is 4.39 Å². The van der Waals surface area contributed by atoms with E-state index in [0.29, 0.717) is 23.6 Å². The van der Waals surface area contributed by atoms with Gasteiger partial charge in [0.15, 0.2) is 11.5 Å². The molecule has 0 aliphatic heterocycles. The second-order valence-corrected chi connectivity index (χ2v) is 5.96. The van der Waals surface area contributed by atoms with Crippen molar-refractivity contribution in [2.45, 2.75) is 50.6 Å². The van der Waals surface area contributed by atoms with Crippen LogP contribution >= 0.6 is 0 Å². The van der Waals surface area contributed by atoms with Crippen molar-refractivity contribution in [1.82, 2.24) is 0 Å². The number of rotatable bonds is 5. The molecule has 0 aromatic heterocycles. The molecule has 21 heavy (non-hydrogen) atoms. The smallest absolute Gasteiger partial charge is 0.161 e. The van der Waals surface area contributed by atoms with Crippen LogP contribution in [-0.4, -0.2) is 20.8 Å². The van der Waals surface area contributed by atoms with E-state index in [0.717, 1.165) is 31.2 Å². The summed E-state index contributed by atoms with van der Waals surface area (Å²) in [5, 5.41) is 0. The molecule has 2 N–H and O–H groups in total. The van der Waals surface area contributed by atoms with Crippen LogP contribution in [0.15, 0.2) is 12.1 Å². The predicted molar refractivity (Wildman–Crippen MR) is 82.9 cm³/mol. The van der Waals surface area contributed by atoms with E-state index in [1.165, 1.54) is 6.42 Å². The van der Waals surface area contributed by atoms with Crippen LogP contribution in [0.5, 0.6) is 11.5 Å². The Hall–Kier alpha value is -1.29. The Labute approximate surface area is 126 Å². The molecule has 3 nitrogen and oxygen atoms in total. The Morgan fingerprint density at radius 2 is 1.71 bits per heavy atom. The van der Waals surface area contributed by atoms with Gasteiger partial charge in [0.05, 0.1) is 14.2 Å². The normalized spacial score (nSPS) is 19.1. The number of ether oxygens (including phenoxy) is 2. The third-order valence-corrected chi connectivity index (χ3v) is 4.76. The minimum absolute atomic E-state index is 0.131. The van der Waals surface area contributed by atoms with Gasteiger partial charge in [0.1, 0.15) is 6.17 Å². The summed E-state index contributed by atoms with van der Waals surface area (Å²) in [6.45, 7) is 2.11. The van der Waals surface area contributed by atoms with Crippen LogP contribution < -0.4 is 15.2 Å². The summed E-state index contributed by atoms with van der Waals surface area (Å²) >= 11 is 0. The highest BCUT2D eigenvalue weighted by molar-refractivity contribution is 5.51. The van der Waals surface area contributed by atoms with Crippen molar-refractivity contribution in [3.05, 3.63) is 23.3 Å². The average Bonchev–Trinajstić information content (AvgIpc) is 2.53. The van der Waals surface area contributed by atoms with Crippen molar-refractivity contribution in [3.63, 3.8) is 0 Å². The van der Waals surface area contributed by atoms with E-state index in [4.69, 9.17) is 15.2 Å². The number of nitrogens with two attached hydrogens (primary N) is 1. The second-order valence-electron chi connectivity index (χ2n) is 5.96. The molecule has 0 amide bonds. The quantitative estimate of drug-likeness (QED) is 0.896. The molecule has 0 spiro atoms. The van der Waals surface area contributed by atoms with Gasteiger partial charge in [-0.3, -0.25) is 0 Å². The largest absolute Gasteiger partial charge is 0.493 e. The van der Waals surface area contributed by atoms with E-state index in [2.05, 4.69) is 0 Å². The Kier molecular flexibility index (Phi) is 5.09. The number of benzene rings is 1. The minimum Gasteiger partial charge on any atom is -0.493 e. The van der Waals surface area contributed by atoms with Crippen LogP contribution in [0.25, 0.3) is 0 Å². The summed E-state index contributed by atoms with van der Waals surface area (Å²) < 4.78 is 24.9. The van der Waals surface area contributed by atoms with Gasteiger partial charge in [0.25, 0.3) is 0 Å². The number of alkyl halides is 1. The lowest BCUT2D eigenvalue weighted by atomic mass is 9.67. The van der Waals surface area contributed by atoms with Crippen molar-refractivity contribution in [2.24, 2.45) is 5.73 Å². The molecule has 1 aliphatic carbocycles. The van der Waals surface area contributed by atoms with Crippen LogP contribution in [0.1, 0.15) is 56.3 Å². The fraction of sp³-hybridized carbons (Fsp3) is 0.647. The number of methoxy groups -OCH3 is 2. The lowest BCUT2D eigenvalue weighted by molar-refractivity contribution is 0.285. The van der Waals surface area contributed by atoms with Gasteiger partial charge in [-0.15, -0.1) is 0 Å². The predicted octanol–water partition coefficient (Wildman–Crippen LogP) is 3.89. The molecule has 1 saturated carbocycles. The van der Waals surface area contributed by atoms with Crippen molar-refractivity contribution in [2.75, 3.05) is 20.8 Å². The van der Waals surface area contributed by atoms with Crippen LogP contribution in [0.3, 0.4) is 0 Å². The SMILES string of the molecule is COc1cc(C(C)F)c(C2(CN)CCCCC2)cc1OC. The van der Waals surface area contributed by atoms with E-state index < -0.39 is 6.17 Å². The first-order valence-corrected chi connectivity index (χ1v) is 7.68. The molecule has 0 saturated heterocycles. The molecule has 0 heterocycles. The lowest BCUT2D eigenvalue weighted by Gasteiger charge is -2.38. The van der Waals surface area contributed by atoms with E-state index in [-0.39, 0.29) is 5.41 Å². The Balaban J connectivity index is 2.58. The Morgan fingerprint density at radius 1 is 1.14 bits per heavy atom. The van der Waals surface area contributed by atoms with Crippen LogP contribution in [-0.2, 0) is 5.41 Å². The third kappa shape index (κ3) is 3.00. The van der Waals surface area contributed by atoms with Gasteiger partial charge in [-0.25, -0.2) is 4.39 Å². The summed E-state index contributed by atoms with van der Waals surface area (Å²) in [4.78, 5) is 0. The van der Waals surface area contributed by atoms with Crippen molar-refractivity contribution < 1.29 is 13.9 Å². The monoisotopic (exact) mass is 295 g/mol. The van der Waals surface area contributed by atoms with Crippen LogP contribution in [0.4, 0.5) is 4.39 Å². The van der Waals surface area contributed by atoms with Crippen molar-refractivity contribution in [3.8, 4) is 11.5 Å². The standard InChI is InChI=1S/C17H26FNO2/c1-12(18)13-9-15(20-2)16(21-3)10-14(13)17(11-19)7-5-4-6-8-17/h9-10,12H,4-8,11,19H2,1-3H3. The molecule has 118 valence electrons. The Morgan fingerprint density at radius 3 is 2.19 bits per heavy atom. The number of hydrogen-bond donors (Lipinski definition) is 1. The maximum Gasteiger partial charge on any atom is 0.161 e. The zero-order valence-electron chi connectivity index (χ0n) is 13.2. The van der Waals surface area contributed by atoms with Crippen LogP contribution in [0, 0.1) is 0 Å². The van der Waals surface area contributed by atoms with E-state index >= 15 is 0 Å². The molecule has 1 atom stereocenters. The summed E-state index contributed by atoms with van der Waals surface area (Å²) in [7, 11) is 3.18. The average molecular weight is 295 g/mol. The molecule has 0 bridgehead atoms. The van der Waals surface area contributed by atoms with Crippen molar-refractivity contribution >= 4 is 0 Å². The Bertz CT molecular complexity index is 482. The van der Waals surface area contributed by atoms with Crippen LogP contribution in [0.2, 0.25) is 0 Å². The first-order chi connectivity index (χ1) is 10.1. The molecule has 2 rings (SSSR count). The van der Waals surface area contributed by atoms with Gasteiger partial charge < -0.3 is 15.2 Å². The molecular formula is C17H26FNO2. The highest BCUT2D eigenvalue weighted by Gasteiger charge is 2.36. The van der Waals surface area contributed by atoms with Crippen molar-refractivity contribution in [1.29, 1.82) is 0 Å². The van der Waals surface area contributed by atoms with E-state index in [1.807, 2.05) is 6.07 Å². The molecule has 4 heteroatoms. The molecule has 1 aromatic rings. The van der Waals surface area contributed by atoms with E-state index in [1.54, 1.807) is 27.2 Å². The molecule has 1 unspecified atom stereocenters. The minimum atomic E-state index is -1.05. The zero-order chi connectivity index (χ0) is 15.5. The van der Waals surface area contributed by atoms with Gasteiger partial charge in [-0.1, -0.05) is 19.3 Å². The van der Waals surface area contributed by atoms with Gasteiger partial charge >= 0.3 is 0 Å². The molecule has 1 aromatic carbocycles. The van der Waals surface area contributed by atoms with Gasteiger partial charge in [0.2, 0.25) is 0 Å².